The SMILES string of the molecule is CN(C)[C@H](CNC(=O)c1ccc(COc2ccccc2)cc1)Cc1ccccc1. The Bertz CT molecular complexity index is 878. The first kappa shape index (κ1) is 20.6. The zero-order valence-electron chi connectivity index (χ0n) is 17.0. The average molecular weight is 389 g/mol. The number of benzene rings is 3. The monoisotopic (exact) mass is 388 g/mol. The van der Waals surface area contributed by atoms with Gasteiger partial charge in [-0.15, -0.1) is 0 Å². The number of carbonyl (C=O) groups is 1. The minimum absolute atomic E-state index is 0.0551. The van der Waals surface area contributed by atoms with Gasteiger partial charge in [-0.3, -0.25) is 4.79 Å². The molecule has 3 rings (SSSR count). The molecule has 4 heteroatoms. The van der Waals surface area contributed by atoms with Crippen LogP contribution in [0.15, 0.2) is 84.9 Å². The van der Waals surface area contributed by atoms with E-state index < -0.39 is 0 Å². The molecule has 0 radical (unpaired) electrons. The van der Waals surface area contributed by atoms with E-state index in [1.54, 1.807) is 0 Å². The molecule has 0 aromatic heterocycles. The van der Waals surface area contributed by atoms with Gasteiger partial charge in [-0.25, -0.2) is 0 Å². The maximum absolute atomic E-state index is 12.6. The summed E-state index contributed by atoms with van der Waals surface area (Å²) in [6, 6.07) is 27.9. The highest BCUT2D eigenvalue weighted by atomic mass is 16.5. The van der Waals surface area contributed by atoms with Gasteiger partial charge in [-0.05, 0) is 55.9 Å². The molecule has 0 saturated heterocycles. The van der Waals surface area contributed by atoms with Crippen molar-refractivity contribution in [3.05, 3.63) is 102 Å². The fourth-order valence-corrected chi connectivity index (χ4v) is 3.07. The molecule has 0 aliphatic rings. The van der Waals surface area contributed by atoms with Gasteiger partial charge in [0.1, 0.15) is 12.4 Å². The van der Waals surface area contributed by atoms with Gasteiger partial charge < -0.3 is 15.0 Å². The standard InChI is InChI=1S/C25H28N2O2/c1-27(2)23(17-20-9-5-3-6-10-20)18-26-25(28)22-15-13-21(14-16-22)19-29-24-11-7-4-8-12-24/h3-16,23H,17-19H2,1-2H3,(H,26,28)/t23-/m0/s1. The predicted molar refractivity (Wildman–Crippen MR) is 117 cm³/mol. The van der Waals surface area contributed by atoms with Crippen LogP contribution in [0.4, 0.5) is 0 Å². The van der Waals surface area contributed by atoms with E-state index >= 15 is 0 Å². The molecule has 1 atom stereocenters. The maximum Gasteiger partial charge on any atom is 0.251 e. The number of nitrogens with one attached hydrogen (secondary N) is 1. The van der Waals surface area contributed by atoms with E-state index in [1.807, 2.05) is 86.9 Å². The lowest BCUT2D eigenvalue weighted by Crippen LogP contribution is -2.41. The second kappa shape index (κ2) is 10.4. The molecule has 0 heterocycles. The van der Waals surface area contributed by atoms with Crippen molar-refractivity contribution in [1.82, 2.24) is 10.2 Å². The minimum Gasteiger partial charge on any atom is -0.489 e. The van der Waals surface area contributed by atoms with Gasteiger partial charge in [0.05, 0.1) is 0 Å². The van der Waals surface area contributed by atoms with E-state index in [1.165, 1.54) is 5.56 Å². The van der Waals surface area contributed by atoms with Crippen LogP contribution >= 0.6 is 0 Å². The molecule has 4 nitrogen and oxygen atoms in total. The van der Waals surface area contributed by atoms with Gasteiger partial charge in [0.25, 0.3) is 5.91 Å². The Balaban J connectivity index is 1.51. The summed E-state index contributed by atoms with van der Waals surface area (Å²) in [4.78, 5) is 14.7. The van der Waals surface area contributed by atoms with E-state index in [4.69, 9.17) is 4.74 Å². The molecule has 3 aromatic rings. The van der Waals surface area contributed by atoms with Gasteiger partial charge in [-0.2, -0.15) is 0 Å². The fourth-order valence-electron chi connectivity index (χ4n) is 3.07. The lowest BCUT2D eigenvalue weighted by atomic mass is 10.0. The molecule has 3 aromatic carbocycles. The highest BCUT2D eigenvalue weighted by Gasteiger charge is 2.14. The molecule has 0 fully saturated rings. The molecular weight excluding hydrogens is 360 g/mol. The Labute approximate surface area is 173 Å². The molecule has 0 aliphatic heterocycles. The van der Waals surface area contributed by atoms with Gasteiger partial charge in [0.15, 0.2) is 0 Å². The Kier molecular flexibility index (Phi) is 7.42. The number of hydrogen-bond donors (Lipinski definition) is 1. The van der Waals surface area contributed by atoms with Crippen molar-refractivity contribution in [3.63, 3.8) is 0 Å². The van der Waals surface area contributed by atoms with Crippen molar-refractivity contribution in [2.75, 3.05) is 20.6 Å². The molecule has 0 saturated carbocycles. The summed E-state index contributed by atoms with van der Waals surface area (Å²) in [5.74, 6) is 0.780. The molecule has 0 bridgehead atoms. The van der Waals surface area contributed by atoms with Crippen molar-refractivity contribution in [3.8, 4) is 5.75 Å². The normalized spacial score (nSPS) is 11.8. The summed E-state index contributed by atoms with van der Waals surface area (Å²) in [5, 5.41) is 3.07. The van der Waals surface area contributed by atoms with E-state index in [-0.39, 0.29) is 11.9 Å². The minimum atomic E-state index is -0.0551. The molecule has 0 aliphatic carbocycles. The third kappa shape index (κ3) is 6.47. The van der Waals surface area contributed by atoms with Crippen molar-refractivity contribution in [1.29, 1.82) is 0 Å². The van der Waals surface area contributed by atoms with Gasteiger partial charge in [-0.1, -0.05) is 60.7 Å². The number of amides is 1. The number of carbonyl (C=O) groups excluding carboxylic acids is 1. The van der Waals surface area contributed by atoms with Crippen LogP contribution in [0.1, 0.15) is 21.5 Å². The number of nitrogens with zero attached hydrogens (tertiary/aromatic N) is 1. The van der Waals surface area contributed by atoms with E-state index in [9.17, 15) is 4.79 Å². The van der Waals surface area contributed by atoms with Crippen LogP contribution in [-0.4, -0.2) is 37.5 Å². The molecule has 0 unspecified atom stereocenters. The zero-order chi connectivity index (χ0) is 20.5. The fraction of sp³-hybridized carbons (Fsp3) is 0.240. The first-order valence-electron chi connectivity index (χ1n) is 9.87. The molecule has 150 valence electrons. The number of rotatable bonds is 9. The largest absolute Gasteiger partial charge is 0.489 e. The van der Waals surface area contributed by atoms with Crippen molar-refractivity contribution in [2.45, 2.75) is 19.1 Å². The summed E-state index contributed by atoms with van der Waals surface area (Å²) in [6.07, 6.45) is 0.893. The first-order valence-corrected chi connectivity index (χ1v) is 9.87. The maximum atomic E-state index is 12.6. The van der Waals surface area contributed by atoms with Crippen LogP contribution in [0.25, 0.3) is 0 Å². The molecular formula is C25H28N2O2. The van der Waals surface area contributed by atoms with Crippen LogP contribution in [0.3, 0.4) is 0 Å². The molecule has 0 spiro atoms. The predicted octanol–water partition coefficient (Wildman–Crippen LogP) is 4.17. The van der Waals surface area contributed by atoms with Crippen molar-refractivity contribution in [2.24, 2.45) is 0 Å². The van der Waals surface area contributed by atoms with Gasteiger partial charge in [0.2, 0.25) is 0 Å². The lowest BCUT2D eigenvalue weighted by molar-refractivity contribution is 0.0941. The van der Waals surface area contributed by atoms with Crippen LogP contribution in [0.5, 0.6) is 5.75 Å². The smallest absolute Gasteiger partial charge is 0.251 e. The zero-order valence-corrected chi connectivity index (χ0v) is 17.0. The van der Waals surface area contributed by atoms with Crippen molar-refractivity contribution < 1.29 is 9.53 Å². The average Bonchev–Trinajstić information content (AvgIpc) is 2.76. The first-order chi connectivity index (χ1) is 14.1. The quantitative estimate of drug-likeness (QED) is 0.598. The van der Waals surface area contributed by atoms with Gasteiger partial charge >= 0.3 is 0 Å². The van der Waals surface area contributed by atoms with Crippen LogP contribution in [0, 0.1) is 0 Å². The number of ether oxygens (including phenoxy) is 1. The third-order valence-corrected chi connectivity index (χ3v) is 4.91. The lowest BCUT2D eigenvalue weighted by Gasteiger charge is -2.24. The Morgan fingerprint density at radius 1 is 0.862 bits per heavy atom. The Hall–Kier alpha value is -3.11. The third-order valence-electron chi connectivity index (χ3n) is 4.91. The summed E-state index contributed by atoms with van der Waals surface area (Å²) >= 11 is 0. The molecule has 1 N–H and O–H groups in total. The van der Waals surface area contributed by atoms with E-state index in [2.05, 4.69) is 22.3 Å². The Morgan fingerprint density at radius 2 is 1.48 bits per heavy atom. The molecule has 29 heavy (non-hydrogen) atoms. The topological polar surface area (TPSA) is 41.6 Å². The highest BCUT2D eigenvalue weighted by molar-refractivity contribution is 5.94. The molecule has 1 amide bonds. The number of para-hydroxylation sites is 1. The van der Waals surface area contributed by atoms with E-state index in [0.29, 0.717) is 18.7 Å². The second-order valence-corrected chi connectivity index (χ2v) is 7.32. The second-order valence-electron chi connectivity index (χ2n) is 7.32. The van der Waals surface area contributed by atoms with E-state index in [0.717, 1.165) is 17.7 Å². The van der Waals surface area contributed by atoms with Crippen LogP contribution in [-0.2, 0) is 13.0 Å². The van der Waals surface area contributed by atoms with Crippen LogP contribution < -0.4 is 10.1 Å². The summed E-state index contributed by atoms with van der Waals surface area (Å²) < 4.78 is 5.75. The van der Waals surface area contributed by atoms with Crippen molar-refractivity contribution >= 4 is 5.91 Å². The summed E-state index contributed by atoms with van der Waals surface area (Å²) in [6.45, 7) is 1.07. The number of hydrogen-bond acceptors (Lipinski definition) is 3. The highest BCUT2D eigenvalue weighted by Crippen LogP contribution is 2.12. The number of likely N-dealkylation sites (N-methyl/N-ethyl adjacent to an activating group) is 1. The van der Waals surface area contributed by atoms with Gasteiger partial charge in [0, 0.05) is 18.2 Å². The van der Waals surface area contributed by atoms with Crippen LogP contribution in [0.2, 0.25) is 0 Å². The Morgan fingerprint density at radius 3 is 2.10 bits per heavy atom. The summed E-state index contributed by atoms with van der Waals surface area (Å²) in [7, 11) is 4.09. The summed E-state index contributed by atoms with van der Waals surface area (Å²) in [5.41, 5.74) is 2.95.